The summed E-state index contributed by atoms with van der Waals surface area (Å²) in [6, 6.07) is 0. The maximum Gasteiger partial charge on any atom is 0.0971 e. The Balaban J connectivity index is 1.94. The topological polar surface area (TPSA) is 64.9 Å². The average Bonchev–Trinajstić information content (AvgIpc) is 2.60. The predicted molar refractivity (Wildman–Crippen MR) is 128 cm³/mol. The maximum atomic E-state index is 10.9. The van der Waals surface area contributed by atoms with Gasteiger partial charge in [0.15, 0.2) is 0 Å². The van der Waals surface area contributed by atoms with Crippen LogP contribution in [0.2, 0.25) is 0 Å². The number of rotatable bonds is 6. The van der Waals surface area contributed by atoms with Crippen molar-refractivity contribution in [3.8, 4) is 0 Å². The van der Waals surface area contributed by atoms with E-state index in [9.17, 15) is 10.2 Å². The van der Waals surface area contributed by atoms with Gasteiger partial charge >= 0.3 is 0 Å². The average molecular weight is 455 g/mol. The summed E-state index contributed by atoms with van der Waals surface area (Å²) in [4.78, 5) is 4.53. The van der Waals surface area contributed by atoms with Crippen LogP contribution in [0.1, 0.15) is 41.5 Å². The summed E-state index contributed by atoms with van der Waals surface area (Å²) in [6.45, 7) is 14.8. The molecule has 0 amide bonds. The molecule has 30 heavy (non-hydrogen) atoms. The number of aliphatic hydroxyl groups excluding tert-OH is 2. The molecule has 3 N–H and O–H groups in total. The van der Waals surface area contributed by atoms with Gasteiger partial charge in [0, 0.05) is 41.2 Å². The summed E-state index contributed by atoms with van der Waals surface area (Å²) in [6.07, 6.45) is 8.18. The molecular formula is C24H36Cl2N2O2. The zero-order valence-corrected chi connectivity index (χ0v) is 20.4. The Hall–Kier alpha value is -0.910. The van der Waals surface area contributed by atoms with Crippen molar-refractivity contribution in [3.63, 3.8) is 0 Å². The normalized spacial score (nSPS) is 28.2. The number of aliphatic hydroxyl groups is 2. The third-order valence-electron chi connectivity index (χ3n) is 5.60. The number of nitrogens with zero attached hydrogens (tertiary/aromatic N) is 1. The molecule has 2 aliphatic carbocycles. The summed E-state index contributed by atoms with van der Waals surface area (Å²) in [5.41, 5.74) is 2.05. The third-order valence-corrected chi connectivity index (χ3v) is 6.17. The quantitative estimate of drug-likeness (QED) is 0.398. The van der Waals surface area contributed by atoms with E-state index in [2.05, 4.69) is 64.0 Å². The predicted octanol–water partition coefficient (Wildman–Crippen LogP) is 4.82. The molecule has 4 nitrogen and oxygen atoms in total. The number of nitrogens with one attached hydrogen (secondary N) is 1. The van der Waals surface area contributed by atoms with Crippen LogP contribution in [-0.2, 0) is 0 Å². The highest BCUT2D eigenvalue weighted by Crippen LogP contribution is 2.40. The Morgan fingerprint density at radius 3 is 2.30 bits per heavy atom. The van der Waals surface area contributed by atoms with Crippen molar-refractivity contribution < 1.29 is 10.2 Å². The minimum Gasteiger partial charge on any atom is -0.388 e. The number of hydrogen-bond acceptors (Lipinski definition) is 4. The van der Waals surface area contributed by atoms with Gasteiger partial charge in [0.05, 0.1) is 18.8 Å². The summed E-state index contributed by atoms with van der Waals surface area (Å²) < 4.78 is 0. The van der Waals surface area contributed by atoms with Crippen molar-refractivity contribution in [1.29, 1.82) is 0 Å². The Morgan fingerprint density at radius 1 is 1.03 bits per heavy atom. The second-order valence-electron chi connectivity index (χ2n) is 10.3. The van der Waals surface area contributed by atoms with Crippen LogP contribution in [0, 0.1) is 22.7 Å². The second kappa shape index (κ2) is 10.1. The second-order valence-corrected chi connectivity index (χ2v) is 11.2. The molecule has 2 rings (SSSR count). The molecule has 4 unspecified atom stereocenters. The zero-order valence-electron chi connectivity index (χ0n) is 18.9. The van der Waals surface area contributed by atoms with Crippen molar-refractivity contribution in [2.24, 2.45) is 27.7 Å². The van der Waals surface area contributed by atoms with E-state index in [1.165, 1.54) is 5.57 Å². The fraction of sp³-hybridized carbons (Fsp3) is 0.625. The fourth-order valence-electron chi connectivity index (χ4n) is 3.63. The van der Waals surface area contributed by atoms with Crippen molar-refractivity contribution in [2.45, 2.75) is 53.8 Å². The van der Waals surface area contributed by atoms with Gasteiger partial charge in [-0.05, 0) is 28.1 Å². The van der Waals surface area contributed by atoms with E-state index in [1.54, 1.807) is 12.3 Å². The van der Waals surface area contributed by atoms with Crippen molar-refractivity contribution in [2.75, 3.05) is 19.6 Å². The third kappa shape index (κ3) is 6.80. The van der Waals surface area contributed by atoms with Crippen LogP contribution < -0.4 is 5.32 Å². The van der Waals surface area contributed by atoms with E-state index in [0.717, 1.165) is 5.57 Å². The van der Waals surface area contributed by atoms with Crippen LogP contribution >= 0.6 is 23.2 Å². The van der Waals surface area contributed by atoms with Gasteiger partial charge in [-0.25, -0.2) is 0 Å². The van der Waals surface area contributed by atoms with Gasteiger partial charge in [0.25, 0.3) is 0 Å². The maximum absolute atomic E-state index is 10.9. The lowest BCUT2D eigenvalue weighted by molar-refractivity contribution is 0.100. The number of allylic oxidation sites excluding steroid dienone is 4. The van der Waals surface area contributed by atoms with Crippen molar-refractivity contribution >= 4 is 29.4 Å². The van der Waals surface area contributed by atoms with Gasteiger partial charge in [0.1, 0.15) is 0 Å². The highest BCUT2D eigenvalue weighted by Gasteiger charge is 2.35. The molecule has 0 aromatic heterocycles. The molecule has 0 spiro atoms. The van der Waals surface area contributed by atoms with Gasteiger partial charge in [-0.1, -0.05) is 83.0 Å². The summed E-state index contributed by atoms with van der Waals surface area (Å²) in [7, 11) is 0. The Morgan fingerprint density at radius 2 is 1.70 bits per heavy atom. The van der Waals surface area contributed by atoms with Crippen molar-refractivity contribution in [1.82, 2.24) is 5.32 Å². The number of halogens is 2. The molecule has 0 bridgehead atoms. The van der Waals surface area contributed by atoms with Crippen LogP contribution in [0.5, 0.6) is 0 Å². The summed E-state index contributed by atoms with van der Waals surface area (Å²) >= 11 is 12.0. The van der Waals surface area contributed by atoms with Crippen molar-refractivity contribution in [3.05, 3.63) is 45.5 Å². The molecule has 0 fully saturated rings. The van der Waals surface area contributed by atoms with Gasteiger partial charge in [0.2, 0.25) is 0 Å². The summed E-state index contributed by atoms with van der Waals surface area (Å²) in [5, 5.41) is 25.2. The Kier molecular flexibility index (Phi) is 8.57. The van der Waals surface area contributed by atoms with Crippen LogP contribution in [0.25, 0.3) is 0 Å². The summed E-state index contributed by atoms with van der Waals surface area (Å²) in [5.74, 6) is -0.118. The van der Waals surface area contributed by atoms with Crippen LogP contribution in [-0.4, -0.2) is 48.3 Å². The van der Waals surface area contributed by atoms with E-state index in [0.29, 0.717) is 29.7 Å². The van der Waals surface area contributed by atoms with E-state index < -0.39 is 12.2 Å². The first-order valence-electron chi connectivity index (χ1n) is 10.6. The molecule has 0 saturated heterocycles. The molecule has 6 heteroatoms. The Bertz CT molecular complexity index is 767. The first-order valence-corrected chi connectivity index (χ1v) is 11.3. The number of hydrogen-bond donors (Lipinski definition) is 3. The molecule has 2 aliphatic rings. The molecular weight excluding hydrogens is 419 g/mol. The van der Waals surface area contributed by atoms with Crippen LogP contribution in [0.3, 0.4) is 0 Å². The molecule has 0 radical (unpaired) electrons. The first kappa shape index (κ1) is 25.4. The molecule has 0 aromatic rings. The van der Waals surface area contributed by atoms with Crippen LogP contribution in [0.4, 0.5) is 0 Å². The van der Waals surface area contributed by atoms with E-state index in [4.69, 9.17) is 23.2 Å². The molecule has 168 valence electrons. The van der Waals surface area contributed by atoms with E-state index >= 15 is 0 Å². The lowest BCUT2D eigenvalue weighted by Crippen LogP contribution is -2.36. The highest BCUT2D eigenvalue weighted by atomic mass is 35.5. The van der Waals surface area contributed by atoms with Gasteiger partial charge in [-0.3, -0.25) is 4.99 Å². The lowest BCUT2D eigenvalue weighted by atomic mass is 9.69. The van der Waals surface area contributed by atoms with E-state index in [-0.39, 0.29) is 22.7 Å². The Labute approximate surface area is 191 Å². The molecule has 0 aromatic carbocycles. The largest absolute Gasteiger partial charge is 0.388 e. The minimum absolute atomic E-state index is 0.00955. The SMILES string of the molecule is CC(C)(C)C1=CC(C(C)(C)C)C(O)C(C=NCCNCC2C=C(Cl)C=C(Cl)C2O)=C1. The molecule has 4 atom stereocenters. The zero-order chi connectivity index (χ0) is 22.7. The monoisotopic (exact) mass is 454 g/mol. The van der Waals surface area contributed by atoms with Gasteiger partial charge in [-0.2, -0.15) is 0 Å². The van der Waals surface area contributed by atoms with E-state index in [1.807, 2.05) is 6.08 Å². The highest BCUT2D eigenvalue weighted by molar-refractivity contribution is 6.35. The number of aliphatic imine (C=N–C) groups is 1. The lowest BCUT2D eigenvalue weighted by Gasteiger charge is -2.38. The molecule has 0 heterocycles. The minimum atomic E-state index is -0.732. The smallest absolute Gasteiger partial charge is 0.0971 e. The molecule has 0 aliphatic heterocycles. The fourth-order valence-corrected chi connectivity index (χ4v) is 4.24. The van der Waals surface area contributed by atoms with Gasteiger partial charge in [-0.15, -0.1) is 0 Å². The standard InChI is InChI=1S/C24H36Cl2N2O2/c1-23(2,3)17-9-15(21(29)19(11-17)24(4,5)6)13-27-7-8-28-14-16-10-18(25)12-20(26)22(16)30/h9-13,16,19,21-22,28-30H,7-8,14H2,1-6H3. The first-order chi connectivity index (χ1) is 13.8. The molecule has 0 saturated carbocycles. The van der Waals surface area contributed by atoms with Gasteiger partial charge < -0.3 is 15.5 Å². The van der Waals surface area contributed by atoms with Crippen LogP contribution in [0.15, 0.2) is 50.5 Å².